The summed E-state index contributed by atoms with van der Waals surface area (Å²) in [5, 5.41) is 3.24. The minimum Gasteiger partial charge on any atom is -0.461 e. The number of carbonyl (C=O) groups excluding carboxylic acids is 1. The molecule has 0 saturated heterocycles. The number of benzene rings is 1. The van der Waals surface area contributed by atoms with Crippen molar-refractivity contribution in [1.82, 2.24) is 0 Å². The maximum absolute atomic E-state index is 17.5. The molecule has 0 spiro atoms. The van der Waals surface area contributed by atoms with E-state index in [1.807, 2.05) is 45.3 Å². The average molecular weight is 1060 g/mol. The first-order valence-corrected chi connectivity index (χ1v) is 32.3. The molecule has 0 aliphatic carbocycles. The number of rotatable bonds is 28. The zero-order valence-electron chi connectivity index (χ0n) is 44.8. The molecule has 3 unspecified atom stereocenters. The predicted octanol–water partition coefficient (Wildman–Crippen LogP) is 22.7. The SMILES string of the molecule is CCCCC(CC)COC(=O)c1sc2c(C(C)(CC)CC)sc(-c3cc4c(-c5ccc(CC(CC)CCCC)s5)c5sc(C(C)(CC)CC)cc5c(-c5ccc(CC(CC)CCCC)s5)c4s3)c2c1F. The van der Waals surface area contributed by atoms with Gasteiger partial charge in [-0.3, -0.25) is 0 Å². The van der Waals surface area contributed by atoms with Crippen molar-refractivity contribution in [2.75, 3.05) is 6.61 Å². The molecule has 0 fully saturated rings. The van der Waals surface area contributed by atoms with Crippen molar-refractivity contribution in [1.29, 1.82) is 0 Å². The minimum atomic E-state index is -0.518. The fourth-order valence-electron chi connectivity index (χ4n) is 10.4. The third-order valence-electron chi connectivity index (χ3n) is 16.5. The number of carbonyl (C=O) groups is 1. The number of esters is 1. The molecule has 0 N–H and O–H groups in total. The second-order valence-electron chi connectivity index (χ2n) is 21.0. The van der Waals surface area contributed by atoms with Gasteiger partial charge in [0, 0.05) is 81.7 Å². The third-order valence-corrected chi connectivity index (χ3v) is 24.3. The van der Waals surface area contributed by atoms with E-state index in [1.54, 1.807) is 11.3 Å². The van der Waals surface area contributed by atoms with Gasteiger partial charge < -0.3 is 4.74 Å². The van der Waals surface area contributed by atoms with Gasteiger partial charge in [-0.05, 0) is 99.1 Å². The van der Waals surface area contributed by atoms with Crippen LogP contribution in [0.1, 0.15) is 215 Å². The van der Waals surface area contributed by atoms with E-state index in [9.17, 15) is 4.79 Å². The van der Waals surface area contributed by atoms with E-state index in [1.165, 1.54) is 123 Å². The standard InChI is InChI=1S/C61H83FO2S6/c1-13-23-26-38(16-4)33-41-29-31-45(65-41)49-43-35-47(55-51-52(62)57(59(63)64-37-40(18-6)28-25-15-3)69-56(51)58(70-55)61(12,21-9)22-10)67-53(43)50(44-36-48(68-54(44)49)60(11,19-7)20-8)46-32-30-42(66-46)34-39(17-5)27-24-14-2/h29-32,35-36,38-40H,13-28,33-34,37H2,1-12H3. The van der Waals surface area contributed by atoms with Gasteiger partial charge >= 0.3 is 5.97 Å². The van der Waals surface area contributed by atoms with Crippen molar-refractivity contribution in [3.05, 3.63) is 66.6 Å². The fourth-order valence-corrected chi connectivity index (χ4v) is 18.7. The first-order valence-electron chi connectivity index (χ1n) is 27.4. The Balaban J connectivity index is 1.50. The van der Waals surface area contributed by atoms with Gasteiger partial charge in [0.1, 0.15) is 4.88 Å². The summed E-state index contributed by atoms with van der Waals surface area (Å²) in [5.41, 5.74) is 2.59. The molecule has 0 saturated carbocycles. The van der Waals surface area contributed by atoms with Crippen LogP contribution >= 0.6 is 68.0 Å². The maximum atomic E-state index is 17.5. The molecule has 3 atom stereocenters. The monoisotopic (exact) mass is 1060 g/mol. The normalized spacial score (nSPS) is 13.9. The Labute approximate surface area is 445 Å². The number of thiophene rings is 6. The third kappa shape index (κ3) is 11.5. The average Bonchev–Trinajstić information content (AvgIpc) is 4.26. The zero-order chi connectivity index (χ0) is 50.3. The van der Waals surface area contributed by atoms with E-state index < -0.39 is 11.8 Å². The van der Waals surface area contributed by atoms with Crippen LogP contribution in [0.3, 0.4) is 0 Å². The van der Waals surface area contributed by atoms with Crippen LogP contribution in [0.25, 0.3) is 60.9 Å². The Bertz CT molecular complexity index is 2680. The molecule has 70 heavy (non-hydrogen) atoms. The van der Waals surface area contributed by atoms with E-state index in [0.29, 0.717) is 23.8 Å². The van der Waals surface area contributed by atoms with Gasteiger partial charge in [0.25, 0.3) is 0 Å². The van der Waals surface area contributed by atoms with Gasteiger partial charge in [-0.25, -0.2) is 9.18 Å². The summed E-state index contributed by atoms with van der Waals surface area (Å²) >= 11 is 10.9. The van der Waals surface area contributed by atoms with Gasteiger partial charge in [0.05, 0.1) is 16.2 Å². The summed E-state index contributed by atoms with van der Waals surface area (Å²) in [4.78, 5) is 24.4. The maximum Gasteiger partial charge on any atom is 0.351 e. The van der Waals surface area contributed by atoms with E-state index in [-0.39, 0.29) is 21.6 Å². The predicted molar refractivity (Wildman–Crippen MR) is 316 cm³/mol. The van der Waals surface area contributed by atoms with Crippen LogP contribution in [-0.2, 0) is 28.4 Å². The Morgan fingerprint density at radius 2 is 1.07 bits per heavy atom. The first-order chi connectivity index (χ1) is 33.8. The summed E-state index contributed by atoms with van der Waals surface area (Å²) in [6, 6.07) is 14.7. The second-order valence-corrected chi connectivity index (χ2v) is 27.5. The molecule has 0 aliphatic heterocycles. The number of fused-ring (bicyclic) bond motifs is 3. The van der Waals surface area contributed by atoms with E-state index in [4.69, 9.17) is 4.74 Å². The van der Waals surface area contributed by atoms with Crippen molar-refractivity contribution in [2.45, 2.75) is 209 Å². The molecule has 7 aromatic rings. The highest BCUT2D eigenvalue weighted by atomic mass is 32.1. The molecular formula is C61H83FO2S6. The topological polar surface area (TPSA) is 26.3 Å². The Kier molecular flexibility index (Phi) is 19.6. The van der Waals surface area contributed by atoms with Crippen LogP contribution in [0.4, 0.5) is 4.39 Å². The number of hydrogen-bond acceptors (Lipinski definition) is 8. The molecule has 9 heteroatoms. The van der Waals surface area contributed by atoms with Crippen LogP contribution in [0.5, 0.6) is 0 Å². The molecule has 7 rings (SSSR count). The molecule has 2 nitrogen and oxygen atoms in total. The quantitative estimate of drug-likeness (QED) is 0.0457. The lowest BCUT2D eigenvalue weighted by atomic mass is 9.83. The lowest BCUT2D eigenvalue weighted by Crippen LogP contribution is -2.17. The van der Waals surface area contributed by atoms with Gasteiger partial charge in [-0.15, -0.1) is 68.0 Å². The van der Waals surface area contributed by atoms with Crippen molar-refractivity contribution in [2.24, 2.45) is 17.8 Å². The molecule has 1 aromatic carbocycles. The fraction of sp³-hybridized carbons (Fsp3) is 0.590. The Morgan fingerprint density at radius 1 is 0.571 bits per heavy atom. The highest BCUT2D eigenvalue weighted by Gasteiger charge is 2.35. The largest absolute Gasteiger partial charge is 0.461 e. The van der Waals surface area contributed by atoms with E-state index >= 15 is 4.39 Å². The summed E-state index contributed by atoms with van der Waals surface area (Å²) < 4.78 is 27.1. The Morgan fingerprint density at radius 3 is 1.57 bits per heavy atom. The van der Waals surface area contributed by atoms with Crippen LogP contribution < -0.4 is 0 Å². The van der Waals surface area contributed by atoms with Crippen LogP contribution in [0.15, 0.2) is 36.4 Å². The molecular weight excluding hydrogens is 976 g/mol. The van der Waals surface area contributed by atoms with Gasteiger partial charge in [0.15, 0.2) is 5.82 Å². The lowest BCUT2D eigenvalue weighted by molar-refractivity contribution is 0.0429. The molecule has 6 heterocycles. The van der Waals surface area contributed by atoms with Gasteiger partial charge in [0.2, 0.25) is 0 Å². The van der Waals surface area contributed by atoms with Crippen molar-refractivity contribution >= 4 is 104 Å². The summed E-state index contributed by atoms with van der Waals surface area (Å²) in [5.74, 6) is 0.742. The van der Waals surface area contributed by atoms with Gasteiger partial charge in [-0.2, -0.15) is 0 Å². The van der Waals surface area contributed by atoms with Crippen LogP contribution in [0.2, 0.25) is 0 Å². The summed E-state index contributed by atoms with van der Waals surface area (Å²) in [6.45, 7) is 28.0. The van der Waals surface area contributed by atoms with Crippen LogP contribution in [-0.4, -0.2) is 12.6 Å². The first kappa shape index (κ1) is 55.4. The minimum absolute atomic E-state index is 0.0752. The van der Waals surface area contributed by atoms with Crippen molar-refractivity contribution < 1.29 is 13.9 Å². The van der Waals surface area contributed by atoms with Crippen molar-refractivity contribution in [3.8, 4) is 30.6 Å². The molecule has 382 valence electrons. The molecule has 0 aliphatic rings. The van der Waals surface area contributed by atoms with Crippen LogP contribution in [0, 0.1) is 23.6 Å². The molecule has 0 bridgehead atoms. The molecule has 0 radical (unpaired) electrons. The highest BCUT2D eigenvalue weighted by Crippen LogP contribution is 2.58. The smallest absolute Gasteiger partial charge is 0.351 e. The highest BCUT2D eigenvalue weighted by molar-refractivity contribution is 7.31. The molecule has 6 aromatic heterocycles. The van der Waals surface area contributed by atoms with E-state index in [0.717, 1.165) is 78.7 Å². The van der Waals surface area contributed by atoms with Gasteiger partial charge in [-0.1, -0.05) is 154 Å². The summed E-state index contributed by atoms with van der Waals surface area (Å²) in [7, 11) is 0. The van der Waals surface area contributed by atoms with Crippen molar-refractivity contribution in [3.63, 3.8) is 0 Å². The number of ether oxygens (including phenoxy) is 1. The second kappa shape index (κ2) is 24.8. The number of unbranched alkanes of at least 4 members (excludes halogenated alkanes) is 3. The van der Waals surface area contributed by atoms with E-state index in [2.05, 4.69) is 119 Å². The number of halogens is 1. The zero-order valence-corrected chi connectivity index (χ0v) is 49.7. The summed E-state index contributed by atoms with van der Waals surface area (Å²) in [6.07, 6.45) is 20.4. The molecule has 0 amide bonds. The lowest BCUT2D eigenvalue weighted by Gasteiger charge is -2.25. The number of hydrogen-bond donors (Lipinski definition) is 0. The Hall–Kier alpha value is -2.40.